The van der Waals surface area contributed by atoms with Gasteiger partial charge < -0.3 is 15.0 Å². The molecule has 0 saturated carbocycles. The molecule has 0 unspecified atom stereocenters. The van der Waals surface area contributed by atoms with Gasteiger partial charge in [-0.2, -0.15) is 12.7 Å². The number of nitrogens with zero attached hydrogens (tertiary/aromatic N) is 3. The van der Waals surface area contributed by atoms with Gasteiger partial charge in [-0.25, -0.2) is 4.31 Å². The Hall–Kier alpha value is -3.11. The van der Waals surface area contributed by atoms with Crippen molar-refractivity contribution >= 4 is 27.7 Å². The highest BCUT2D eigenvalue weighted by Gasteiger charge is 2.34. The van der Waals surface area contributed by atoms with Crippen molar-refractivity contribution < 1.29 is 22.7 Å². The highest BCUT2D eigenvalue weighted by molar-refractivity contribution is 7.90. The van der Waals surface area contributed by atoms with E-state index in [9.17, 15) is 18.0 Å². The van der Waals surface area contributed by atoms with E-state index in [4.69, 9.17) is 4.74 Å². The average molecular weight is 533 g/mol. The van der Waals surface area contributed by atoms with Crippen molar-refractivity contribution in [3.05, 3.63) is 59.2 Å². The minimum Gasteiger partial charge on any atom is -0.497 e. The normalized spacial score (nSPS) is 12.7. The fraction of sp³-hybridized carbons (Fsp3) is 0.481. The van der Waals surface area contributed by atoms with Crippen LogP contribution in [-0.4, -0.2) is 68.8 Å². The van der Waals surface area contributed by atoms with Crippen LogP contribution < -0.4 is 14.4 Å². The Kier molecular flexibility index (Phi) is 9.73. The van der Waals surface area contributed by atoms with Crippen LogP contribution in [0.25, 0.3) is 0 Å². The lowest BCUT2D eigenvalue weighted by atomic mass is 10.1. The van der Waals surface area contributed by atoms with E-state index in [0.717, 1.165) is 19.7 Å². The van der Waals surface area contributed by atoms with Gasteiger partial charge >= 0.3 is 10.2 Å². The number of carbonyl (C=O) groups is 2. The van der Waals surface area contributed by atoms with Crippen LogP contribution in [0.5, 0.6) is 5.75 Å². The van der Waals surface area contributed by atoms with Crippen LogP contribution in [0.3, 0.4) is 0 Å². The number of benzene rings is 2. The van der Waals surface area contributed by atoms with Gasteiger partial charge in [0, 0.05) is 26.2 Å². The van der Waals surface area contributed by atoms with Gasteiger partial charge in [-0.3, -0.25) is 9.59 Å². The first-order valence-corrected chi connectivity index (χ1v) is 13.5. The van der Waals surface area contributed by atoms with E-state index in [1.165, 1.54) is 19.0 Å². The summed E-state index contributed by atoms with van der Waals surface area (Å²) in [6, 6.07) is 11.8. The van der Waals surface area contributed by atoms with E-state index in [-0.39, 0.29) is 12.5 Å². The molecular formula is C27H40N4O5S. The second-order valence-electron chi connectivity index (χ2n) is 10.4. The first-order chi connectivity index (χ1) is 17.1. The van der Waals surface area contributed by atoms with Gasteiger partial charge in [0.05, 0.1) is 12.8 Å². The number of amides is 2. The van der Waals surface area contributed by atoms with Crippen LogP contribution in [0.15, 0.2) is 42.5 Å². The minimum absolute atomic E-state index is 0.115. The molecule has 0 aliphatic rings. The maximum Gasteiger partial charge on any atom is 0.304 e. The summed E-state index contributed by atoms with van der Waals surface area (Å²) in [6.45, 7) is 10.5. The summed E-state index contributed by atoms with van der Waals surface area (Å²) in [5, 5.41) is 2.92. The number of aryl methyl sites for hydroxylation is 2. The Labute approximate surface area is 221 Å². The summed E-state index contributed by atoms with van der Waals surface area (Å²) in [5.41, 5.74) is 2.26. The summed E-state index contributed by atoms with van der Waals surface area (Å²) in [7, 11) is 0.398. The highest BCUT2D eigenvalue weighted by atomic mass is 32.2. The fourth-order valence-corrected chi connectivity index (χ4v) is 4.79. The number of anilines is 1. The maximum absolute atomic E-state index is 13.8. The summed E-state index contributed by atoms with van der Waals surface area (Å²) < 4.78 is 34.1. The third kappa shape index (κ3) is 7.93. The van der Waals surface area contributed by atoms with Crippen LogP contribution in [-0.2, 0) is 26.3 Å². The number of rotatable bonds is 10. The zero-order valence-electron chi connectivity index (χ0n) is 23.3. The molecule has 0 bridgehead atoms. The molecule has 1 N–H and O–H groups in total. The molecule has 0 fully saturated rings. The molecule has 37 heavy (non-hydrogen) atoms. The first-order valence-electron chi connectivity index (χ1n) is 12.1. The van der Waals surface area contributed by atoms with Crippen molar-refractivity contribution in [2.24, 2.45) is 0 Å². The van der Waals surface area contributed by atoms with Gasteiger partial charge in [0.25, 0.3) is 0 Å². The molecule has 0 radical (unpaired) electrons. The van der Waals surface area contributed by atoms with Gasteiger partial charge in [0.2, 0.25) is 11.8 Å². The lowest BCUT2D eigenvalue weighted by molar-refractivity contribution is -0.140. The molecule has 2 rings (SSSR count). The molecule has 0 spiro atoms. The number of nitrogens with one attached hydrogen (secondary N) is 1. The molecule has 10 heteroatoms. The molecule has 2 amide bonds. The SMILES string of the molecule is COc1ccc(CN(C(=O)CN(c2cc(C)ccc2C)S(=O)(=O)N(C)C)[C@H](C)C(=O)NC(C)(C)C)cc1. The number of methoxy groups -OCH3 is 1. The monoisotopic (exact) mass is 532 g/mol. The summed E-state index contributed by atoms with van der Waals surface area (Å²) in [5.74, 6) is -0.167. The summed E-state index contributed by atoms with van der Waals surface area (Å²) >= 11 is 0. The predicted molar refractivity (Wildman–Crippen MR) is 147 cm³/mol. The Morgan fingerprint density at radius 1 is 1.03 bits per heavy atom. The van der Waals surface area contributed by atoms with Crippen LogP contribution in [0.4, 0.5) is 5.69 Å². The van der Waals surface area contributed by atoms with E-state index in [1.54, 1.807) is 39.2 Å². The lowest BCUT2D eigenvalue weighted by Crippen LogP contribution is -2.55. The highest BCUT2D eigenvalue weighted by Crippen LogP contribution is 2.26. The van der Waals surface area contributed by atoms with Gasteiger partial charge in [-0.15, -0.1) is 0 Å². The van der Waals surface area contributed by atoms with Gasteiger partial charge in [-0.1, -0.05) is 24.3 Å². The van der Waals surface area contributed by atoms with Gasteiger partial charge in [0.15, 0.2) is 0 Å². The van der Waals surface area contributed by atoms with Gasteiger partial charge in [-0.05, 0) is 76.4 Å². The lowest BCUT2D eigenvalue weighted by Gasteiger charge is -2.34. The molecular weight excluding hydrogens is 492 g/mol. The molecule has 2 aromatic rings. The predicted octanol–water partition coefficient (Wildman–Crippen LogP) is 3.26. The molecule has 204 valence electrons. The van der Waals surface area contributed by atoms with Crippen molar-refractivity contribution in [2.75, 3.05) is 32.1 Å². The zero-order chi connectivity index (χ0) is 28.1. The minimum atomic E-state index is -4.01. The molecule has 0 aromatic heterocycles. The average Bonchev–Trinajstić information content (AvgIpc) is 2.81. The third-order valence-electron chi connectivity index (χ3n) is 5.83. The summed E-state index contributed by atoms with van der Waals surface area (Å²) in [6.07, 6.45) is 0. The first kappa shape index (κ1) is 30.1. The molecule has 9 nitrogen and oxygen atoms in total. The number of hydrogen-bond acceptors (Lipinski definition) is 5. The molecule has 0 heterocycles. The van der Waals surface area contributed by atoms with Crippen molar-refractivity contribution in [3.63, 3.8) is 0 Å². The second kappa shape index (κ2) is 12.0. The number of carbonyl (C=O) groups excluding carboxylic acids is 2. The Morgan fingerprint density at radius 2 is 1.62 bits per heavy atom. The zero-order valence-corrected chi connectivity index (χ0v) is 24.1. The van der Waals surface area contributed by atoms with E-state index < -0.39 is 34.2 Å². The molecule has 0 aliphatic heterocycles. The molecule has 1 atom stereocenters. The summed E-state index contributed by atoms with van der Waals surface area (Å²) in [4.78, 5) is 28.3. The Morgan fingerprint density at radius 3 is 2.14 bits per heavy atom. The quantitative estimate of drug-likeness (QED) is 0.506. The van der Waals surface area contributed by atoms with E-state index in [1.807, 2.05) is 52.0 Å². The number of hydrogen-bond donors (Lipinski definition) is 1. The molecule has 0 aliphatic carbocycles. The van der Waals surface area contributed by atoms with Crippen LogP contribution in [0.1, 0.15) is 44.4 Å². The van der Waals surface area contributed by atoms with Crippen molar-refractivity contribution in [2.45, 2.75) is 59.7 Å². The van der Waals surface area contributed by atoms with E-state index in [0.29, 0.717) is 17.0 Å². The van der Waals surface area contributed by atoms with Crippen molar-refractivity contribution in [3.8, 4) is 5.75 Å². The second-order valence-corrected chi connectivity index (χ2v) is 12.4. The Balaban J connectivity index is 2.52. The van der Waals surface area contributed by atoms with Crippen LogP contribution in [0.2, 0.25) is 0 Å². The Bertz CT molecular complexity index is 1200. The standard InChI is InChI=1S/C27H40N4O5S/c1-19-10-11-20(2)24(16-19)31(37(34,35)29(7)8)18-25(32)30(21(3)26(33)28-27(4,5)6)17-22-12-14-23(36-9)15-13-22/h10-16,21H,17-18H2,1-9H3,(H,28,33)/t21-/m1/s1. The topological polar surface area (TPSA) is 99.3 Å². The number of ether oxygens (including phenoxy) is 1. The largest absolute Gasteiger partial charge is 0.497 e. The van der Waals surface area contributed by atoms with E-state index in [2.05, 4.69) is 5.32 Å². The maximum atomic E-state index is 13.8. The van der Waals surface area contributed by atoms with Crippen LogP contribution >= 0.6 is 0 Å². The smallest absolute Gasteiger partial charge is 0.304 e. The third-order valence-corrected chi connectivity index (χ3v) is 7.64. The van der Waals surface area contributed by atoms with Crippen LogP contribution in [0, 0.1) is 13.8 Å². The molecule has 0 saturated heterocycles. The van der Waals surface area contributed by atoms with E-state index >= 15 is 0 Å². The van der Waals surface area contributed by atoms with Crippen molar-refractivity contribution in [1.29, 1.82) is 0 Å². The fourth-order valence-electron chi connectivity index (χ4n) is 3.67. The van der Waals surface area contributed by atoms with Crippen molar-refractivity contribution in [1.82, 2.24) is 14.5 Å². The molecule has 2 aromatic carbocycles. The van der Waals surface area contributed by atoms with Gasteiger partial charge in [0.1, 0.15) is 18.3 Å².